The zero-order valence-corrected chi connectivity index (χ0v) is 12.8. The molecule has 3 aromatic rings. The van der Waals surface area contributed by atoms with E-state index in [0.29, 0.717) is 0 Å². The molecule has 2 aromatic carbocycles. The van der Waals surface area contributed by atoms with E-state index in [-0.39, 0.29) is 5.41 Å². The second-order valence-corrected chi connectivity index (χ2v) is 6.39. The fourth-order valence-electron chi connectivity index (χ4n) is 3.40. The first kappa shape index (κ1) is 13.1. The quantitative estimate of drug-likeness (QED) is 0.501. The van der Waals surface area contributed by atoms with E-state index in [1.807, 2.05) is 32.9 Å². The van der Waals surface area contributed by atoms with Gasteiger partial charge in [-0.15, -0.1) is 0 Å². The number of carbonyl (C=O) groups is 1. The summed E-state index contributed by atoms with van der Waals surface area (Å²) < 4.78 is 0. The van der Waals surface area contributed by atoms with E-state index in [1.54, 1.807) is 0 Å². The molecule has 0 saturated carbocycles. The summed E-state index contributed by atoms with van der Waals surface area (Å²) in [7, 11) is 0. The maximum absolute atomic E-state index is 11.5. The van der Waals surface area contributed by atoms with Crippen LogP contribution >= 0.6 is 0 Å². The van der Waals surface area contributed by atoms with Crippen LogP contribution in [0.3, 0.4) is 0 Å². The van der Waals surface area contributed by atoms with E-state index in [9.17, 15) is 4.79 Å². The lowest BCUT2D eigenvalue weighted by Crippen LogP contribution is -2.20. The number of hydrogen-bond donors (Lipinski definition) is 0. The van der Waals surface area contributed by atoms with Crippen LogP contribution in [0.4, 0.5) is 0 Å². The molecule has 0 N–H and O–H groups in total. The van der Waals surface area contributed by atoms with Gasteiger partial charge >= 0.3 is 0 Å². The van der Waals surface area contributed by atoms with Gasteiger partial charge in [0.05, 0.1) is 22.4 Å². The van der Waals surface area contributed by atoms with Crippen molar-refractivity contribution >= 4 is 33.7 Å². The molecule has 0 amide bonds. The topological polar surface area (TPSA) is 42.9 Å². The van der Waals surface area contributed by atoms with Crippen molar-refractivity contribution in [2.24, 2.45) is 0 Å². The van der Waals surface area contributed by atoms with Crippen molar-refractivity contribution in [3.8, 4) is 0 Å². The fraction of sp³-hybridized carbons (Fsp3) is 0.211. The summed E-state index contributed by atoms with van der Waals surface area (Å²) in [5.41, 5.74) is 4.85. The summed E-state index contributed by atoms with van der Waals surface area (Å²) >= 11 is 0. The number of fused-ring (bicyclic) bond motifs is 3. The normalized spacial score (nSPS) is 16.3. The lowest BCUT2D eigenvalue weighted by atomic mass is 9.85. The van der Waals surface area contributed by atoms with E-state index >= 15 is 0 Å². The largest absolute Gasteiger partial charge is 0.298 e. The van der Waals surface area contributed by atoms with Crippen LogP contribution in [-0.2, 0) is 10.2 Å². The highest BCUT2D eigenvalue weighted by atomic mass is 16.1. The number of aromatic nitrogens is 2. The zero-order valence-electron chi connectivity index (χ0n) is 12.8. The third-order valence-corrected chi connectivity index (χ3v) is 4.67. The van der Waals surface area contributed by atoms with Gasteiger partial charge in [0.1, 0.15) is 6.29 Å². The Morgan fingerprint density at radius 2 is 1.59 bits per heavy atom. The summed E-state index contributed by atoms with van der Waals surface area (Å²) in [5, 5.41) is 2.30. The van der Waals surface area contributed by atoms with Crippen molar-refractivity contribution in [2.45, 2.75) is 26.2 Å². The molecule has 3 heteroatoms. The molecule has 0 aliphatic heterocycles. The molecule has 0 radical (unpaired) electrons. The summed E-state index contributed by atoms with van der Waals surface area (Å²) in [5.74, 6) is 0. The molecule has 1 heterocycles. The van der Waals surface area contributed by atoms with Crippen LogP contribution in [0.5, 0.6) is 0 Å². The SMILES string of the molecule is CC1=C(C=O)C(C)(C)c2nc3cc4ccccc4cc3nc21. The predicted octanol–water partition coefficient (Wildman–Crippen LogP) is 4.05. The van der Waals surface area contributed by atoms with Gasteiger partial charge in [0.2, 0.25) is 0 Å². The Kier molecular flexibility index (Phi) is 2.52. The lowest BCUT2D eigenvalue weighted by molar-refractivity contribution is -0.105. The molecular formula is C19H16N2O. The highest BCUT2D eigenvalue weighted by Crippen LogP contribution is 2.43. The van der Waals surface area contributed by atoms with Gasteiger partial charge in [0.15, 0.2) is 0 Å². The van der Waals surface area contributed by atoms with E-state index < -0.39 is 0 Å². The minimum atomic E-state index is -0.381. The zero-order chi connectivity index (χ0) is 15.5. The first-order valence-corrected chi connectivity index (χ1v) is 7.40. The van der Waals surface area contributed by atoms with Gasteiger partial charge in [-0.05, 0) is 49.2 Å². The Balaban J connectivity index is 2.09. The molecule has 0 bridgehead atoms. The van der Waals surface area contributed by atoms with Gasteiger partial charge in [0.25, 0.3) is 0 Å². The molecule has 1 aliphatic rings. The van der Waals surface area contributed by atoms with Crippen LogP contribution in [0.2, 0.25) is 0 Å². The van der Waals surface area contributed by atoms with E-state index in [0.717, 1.165) is 50.6 Å². The second kappa shape index (κ2) is 4.23. The number of benzene rings is 2. The van der Waals surface area contributed by atoms with Gasteiger partial charge < -0.3 is 0 Å². The first-order chi connectivity index (χ1) is 10.5. The Labute approximate surface area is 128 Å². The molecule has 0 unspecified atom stereocenters. The van der Waals surface area contributed by atoms with E-state index in [1.165, 1.54) is 0 Å². The summed E-state index contributed by atoms with van der Waals surface area (Å²) in [4.78, 5) is 21.1. The van der Waals surface area contributed by atoms with Gasteiger partial charge in [0, 0.05) is 11.0 Å². The van der Waals surface area contributed by atoms with Crippen LogP contribution in [0.1, 0.15) is 32.2 Å². The average Bonchev–Trinajstić information content (AvgIpc) is 2.69. The van der Waals surface area contributed by atoms with Crippen LogP contribution < -0.4 is 0 Å². The first-order valence-electron chi connectivity index (χ1n) is 7.40. The van der Waals surface area contributed by atoms with Crippen molar-refractivity contribution in [1.82, 2.24) is 9.97 Å². The van der Waals surface area contributed by atoms with Crippen molar-refractivity contribution < 1.29 is 4.79 Å². The number of hydrogen-bond acceptors (Lipinski definition) is 3. The smallest absolute Gasteiger partial charge is 0.147 e. The fourth-order valence-corrected chi connectivity index (χ4v) is 3.40. The molecule has 22 heavy (non-hydrogen) atoms. The van der Waals surface area contributed by atoms with Crippen LogP contribution in [0, 0.1) is 0 Å². The van der Waals surface area contributed by atoms with Crippen LogP contribution in [0.25, 0.3) is 27.4 Å². The maximum Gasteiger partial charge on any atom is 0.147 e. The third kappa shape index (κ3) is 1.59. The molecule has 0 saturated heterocycles. The lowest BCUT2D eigenvalue weighted by Gasteiger charge is -2.19. The van der Waals surface area contributed by atoms with Crippen molar-refractivity contribution in [2.75, 3.05) is 0 Å². The average molecular weight is 288 g/mol. The van der Waals surface area contributed by atoms with Gasteiger partial charge in [-0.3, -0.25) is 4.79 Å². The molecule has 3 nitrogen and oxygen atoms in total. The minimum absolute atomic E-state index is 0.381. The van der Waals surface area contributed by atoms with E-state index in [4.69, 9.17) is 9.97 Å². The van der Waals surface area contributed by atoms with Gasteiger partial charge in [-0.2, -0.15) is 0 Å². The van der Waals surface area contributed by atoms with Crippen LogP contribution in [0.15, 0.2) is 42.0 Å². The van der Waals surface area contributed by atoms with Gasteiger partial charge in [-0.1, -0.05) is 24.3 Å². The molecular weight excluding hydrogens is 272 g/mol. The molecule has 1 aromatic heterocycles. The molecule has 0 fully saturated rings. The number of rotatable bonds is 1. The molecule has 0 spiro atoms. The number of carbonyl (C=O) groups excluding carboxylic acids is 1. The Bertz CT molecular complexity index is 983. The molecule has 108 valence electrons. The monoisotopic (exact) mass is 288 g/mol. The second-order valence-electron chi connectivity index (χ2n) is 6.39. The third-order valence-electron chi connectivity index (χ3n) is 4.67. The highest BCUT2D eigenvalue weighted by Gasteiger charge is 2.38. The minimum Gasteiger partial charge on any atom is -0.298 e. The van der Waals surface area contributed by atoms with Gasteiger partial charge in [-0.25, -0.2) is 9.97 Å². The highest BCUT2D eigenvalue weighted by molar-refractivity contribution is 5.98. The molecule has 1 aliphatic carbocycles. The standard InChI is InChI=1S/C19H16N2O/c1-11-14(10-22)19(2,3)18-17(11)20-15-8-12-6-4-5-7-13(12)9-16(15)21-18/h4-10H,1-3H3. The Morgan fingerprint density at radius 3 is 2.18 bits per heavy atom. The van der Waals surface area contributed by atoms with Crippen LogP contribution in [-0.4, -0.2) is 16.3 Å². The Morgan fingerprint density at radius 1 is 1.00 bits per heavy atom. The summed E-state index contributed by atoms with van der Waals surface area (Å²) in [6.45, 7) is 6.03. The summed E-state index contributed by atoms with van der Waals surface area (Å²) in [6, 6.07) is 12.3. The van der Waals surface area contributed by atoms with Crippen molar-refractivity contribution in [3.63, 3.8) is 0 Å². The maximum atomic E-state index is 11.5. The molecule has 0 atom stereocenters. The van der Waals surface area contributed by atoms with E-state index in [2.05, 4.69) is 24.3 Å². The number of nitrogens with zero attached hydrogens (tertiary/aromatic N) is 2. The van der Waals surface area contributed by atoms with Crippen molar-refractivity contribution in [3.05, 3.63) is 53.4 Å². The van der Waals surface area contributed by atoms with Crippen molar-refractivity contribution in [1.29, 1.82) is 0 Å². The number of allylic oxidation sites excluding steroid dienone is 2. The Hall–Kier alpha value is -2.55. The number of aldehydes is 1. The molecule has 4 rings (SSSR count). The predicted molar refractivity (Wildman–Crippen MR) is 88.7 cm³/mol. The summed E-state index contributed by atoms with van der Waals surface area (Å²) in [6.07, 6.45) is 0.944.